The molecule has 0 fully saturated rings. The number of amides is 1. The van der Waals surface area contributed by atoms with Crippen LogP contribution in [0.15, 0.2) is 18.2 Å². The van der Waals surface area contributed by atoms with E-state index in [1.54, 1.807) is 13.8 Å². The molecule has 1 amide bonds. The summed E-state index contributed by atoms with van der Waals surface area (Å²) in [5, 5.41) is 18.2. The number of carbonyl (C=O) groups excluding carboxylic acids is 1. The molecule has 18 heavy (non-hydrogen) atoms. The lowest BCUT2D eigenvalue weighted by molar-refractivity contribution is -0.138. The Morgan fingerprint density at radius 3 is 2.44 bits per heavy atom. The summed E-state index contributed by atoms with van der Waals surface area (Å²) in [4.78, 5) is 23.7. The van der Waals surface area contributed by atoms with Crippen LogP contribution in [0, 0.1) is 5.82 Å². The van der Waals surface area contributed by atoms with Gasteiger partial charge in [0.05, 0.1) is 0 Å². The number of hydrogen-bond acceptors (Lipinski definition) is 3. The smallest absolute Gasteiger partial charge is 0.323 e. The van der Waals surface area contributed by atoms with Crippen molar-refractivity contribution in [2.24, 2.45) is 0 Å². The third-order valence-corrected chi connectivity index (χ3v) is 2.40. The summed E-state index contributed by atoms with van der Waals surface area (Å²) in [7, 11) is 0. The summed E-state index contributed by atoms with van der Waals surface area (Å²) >= 11 is 0. The zero-order valence-electron chi connectivity index (χ0n) is 10.1. The summed E-state index contributed by atoms with van der Waals surface area (Å²) in [5.41, 5.74) is -0.507. The van der Waals surface area contributed by atoms with Crippen molar-refractivity contribution in [1.82, 2.24) is 4.90 Å². The minimum absolute atomic E-state index is 0.424. The number of aromatic hydroxyl groups is 1. The topological polar surface area (TPSA) is 77.8 Å². The molecular formula is C12H14FNO4. The fourth-order valence-electron chi connectivity index (χ4n) is 1.50. The highest BCUT2D eigenvalue weighted by Crippen LogP contribution is 2.22. The molecule has 1 rings (SSSR count). The number of phenols is 1. The Morgan fingerprint density at radius 2 is 2.00 bits per heavy atom. The van der Waals surface area contributed by atoms with Gasteiger partial charge in [0.25, 0.3) is 5.91 Å². The second-order valence-electron chi connectivity index (χ2n) is 4.05. The average Bonchev–Trinajstić information content (AvgIpc) is 2.24. The minimum Gasteiger partial charge on any atom is -0.507 e. The molecule has 0 spiro atoms. The zero-order chi connectivity index (χ0) is 13.9. The van der Waals surface area contributed by atoms with Gasteiger partial charge in [-0.1, -0.05) is 6.07 Å². The number of carboxylic acid groups (broad SMARTS) is 1. The van der Waals surface area contributed by atoms with E-state index in [9.17, 15) is 19.1 Å². The molecule has 1 aromatic carbocycles. The monoisotopic (exact) mass is 255 g/mol. The standard InChI is InChI=1S/C12H14FNO4/c1-7(2)14(6-10(16)17)12(18)11-8(13)4-3-5-9(11)15/h3-5,7,15H,6H2,1-2H3,(H,16,17). The van der Waals surface area contributed by atoms with Crippen molar-refractivity contribution in [3.63, 3.8) is 0 Å². The molecule has 0 aliphatic rings. The van der Waals surface area contributed by atoms with Gasteiger partial charge in [0.2, 0.25) is 0 Å². The normalized spacial score (nSPS) is 10.4. The van der Waals surface area contributed by atoms with Crippen LogP contribution in [0.1, 0.15) is 24.2 Å². The van der Waals surface area contributed by atoms with E-state index in [1.807, 2.05) is 0 Å². The van der Waals surface area contributed by atoms with Crippen LogP contribution in [-0.4, -0.2) is 39.6 Å². The number of benzene rings is 1. The number of carbonyl (C=O) groups is 2. The number of nitrogens with zero attached hydrogens (tertiary/aromatic N) is 1. The Kier molecular flexibility index (Phi) is 4.25. The molecule has 0 heterocycles. The maximum atomic E-state index is 13.5. The summed E-state index contributed by atoms with van der Waals surface area (Å²) in [6, 6.07) is 3.05. The third kappa shape index (κ3) is 2.97. The Hall–Kier alpha value is -2.11. The van der Waals surface area contributed by atoms with Gasteiger partial charge in [-0.3, -0.25) is 9.59 Å². The molecule has 5 nitrogen and oxygen atoms in total. The Labute approximate surface area is 103 Å². The van der Waals surface area contributed by atoms with Gasteiger partial charge in [-0.05, 0) is 26.0 Å². The summed E-state index contributed by atoms with van der Waals surface area (Å²) in [6.45, 7) is 2.67. The van der Waals surface area contributed by atoms with Crippen molar-refractivity contribution in [1.29, 1.82) is 0 Å². The molecule has 6 heteroatoms. The van der Waals surface area contributed by atoms with Gasteiger partial charge in [0.1, 0.15) is 23.7 Å². The van der Waals surface area contributed by atoms with Crippen LogP contribution in [0.3, 0.4) is 0 Å². The van der Waals surface area contributed by atoms with Crippen LogP contribution in [0.2, 0.25) is 0 Å². The molecule has 0 aliphatic carbocycles. The lowest BCUT2D eigenvalue weighted by Crippen LogP contribution is -2.41. The van der Waals surface area contributed by atoms with E-state index in [4.69, 9.17) is 5.11 Å². The van der Waals surface area contributed by atoms with Crippen LogP contribution in [-0.2, 0) is 4.79 Å². The first kappa shape index (κ1) is 14.0. The second kappa shape index (κ2) is 5.48. The van der Waals surface area contributed by atoms with Crippen molar-refractivity contribution in [3.8, 4) is 5.75 Å². The van der Waals surface area contributed by atoms with E-state index in [0.717, 1.165) is 11.0 Å². The van der Waals surface area contributed by atoms with Crippen molar-refractivity contribution in [2.75, 3.05) is 6.54 Å². The predicted octanol–water partition coefficient (Wildman–Crippen LogP) is 1.47. The maximum Gasteiger partial charge on any atom is 0.323 e. The Morgan fingerprint density at radius 1 is 1.39 bits per heavy atom. The molecule has 2 N–H and O–H groups in total. The largest absolute Gasteiger partial charge is 0.507 e. The molecule has 0 saturated carbocycles. The first-order chi connectivity index (χ1) is 8.34. The van der Waals surface area contributed by atoms with E-state index >= 15 is 0 Å². The van der Waals surface area contributed by atoms with Gasteiger partial charge < -0.3 is 15.1 Å². The Bertz CT molecular complexity index is 453. The SMILES string of the molecule is CC(C)N(CC(=O)O)C(=O)c1c(O)cccc1F. The van der Waals surface area contributed by atoms with Crippen molar-refractivity contribution >= 4 is 11.9 Å². The predicted molar refractivity (Wildman–Crippen MR) is 61.9 cm³/mol. The molecule has 0 aliphatic heterocycles. The van der Waals surface area contributed by atoms with E-state index in [2.05, 4.69) is 0 Å². The van der Waals surface area contributed by atoms with Crippen LogP contribution >= 0.6 is 0 Å². The van der Waals surface area contributed by atoms with Gasteiger partial charge in [-0.2, -0.15) is 0 Å². The third-order valence-electron chi connectivity index (χ3n) is 2.40. The molecule has 0 aromatic heterocycles. The summed E-state index contributed by atoms with van der Waals surface area (Å²) < 4.78 is 13.5. The molecule has 0 atom stereocenters. The highest BCUT2D eigenvalue weighted by atomic mass is 19.1. The molecule has 0 bridgehead atoms. The fourth-order valence-corrected chi connectivity index (χ4v) is 1.50. The second-order valence-corrected chi connectivity index (χ2v) is 4.05. The number of phenolic OH excluding ortho intramolecular Hbond substituents is 1. The highest BCUT2D eigenvalue weighted by Gasteiger charge is 2.26. The highest BCUT2D eigenvalue weighted by molar-refractivity contribution is 5.98. The average molecular weight is 255 g/mol. The van der Waals surface area contributed by atoms with E-state index in [1.165, 1.54) is 12.1 Å². The number of rotatable bonds is 4. The number of carboxylic acids is 1. The quantitative estimate of drug-likeness (QED) is 0.854. The number of hydrogen-bond donors (Lipinski definition) is 2. The van der Waals surface area contributed by atoms with Gasteiger partial charge >= 0.3 is 5.97 Å². The van der Waals surface area contributed by atoms with E-state index < -0.39 is 41.6 Å². The first-order valence-electron chi connectivity index (χ1n) is 5.34. The number of aliphatic carboxylic acids is 1. The Balaban J connectivity index is 3.14. The molecule has 0 saturated heterocycles. The van der Waals surface area contributed by atoms with E-state index in [-0.39, 0.29) is 0 Å². The van der Waals surface area contributed by atoms with Gasteiger partial charge in [-0.15, -0.1) is 0 Å². The molecular weight excluding hydrogens is 241 g/mol. The van der Waals surface area contributed by atoms with Crippen molar-refractivity contribution in [3.05, 3.63) is 29.6 Å². The summed E-state index contributed by atoms with van der Waals surface area (Å²) in [6.07, 6.45) is 0. The minimum atomic E-state index is -1.20. The number of halogens is 1. The maximum absolute atomic E-state index is 13.5. The molecule has 0 unspecified atom stereocenters. The zero-order valence-corrected chi connectivity index (χ0v) is 10.1. The summed E-state index contributed by atoms with van der Waals surface area (Å²) in [5.74, 6) is -3.43. The van der Waals surface area contributed by atoms with Crippen LogP contribution in [0.5, 0.6) is 5.75 Å². The molecule has 98 valence electrons. The van der Waals surface area contributed by atoms with Gasteiger partial charge in [0.15, 0.2) is 0 Å². The first-order valence-corrected chi connectivity index (χ1v) is 5.34. The lowest BCUT2D eigenvalue weighted by Gasteiger charge is -2.25. The van der Waals surface area contributed by atoms with Gasteiger partial charge in [-0.25, -0.2) is 4.39 Å². The van der Waals surface area contributed by atoms with Crippen LogP contribution < -0.4 is 0 Å². The van der Waals surface area contributed by atoms with Crippen molar-refractivity contribution in [2.45, 2.75) is 19.9 Å². The molecule has 0 radical (unpaired) electrons. The lowest BCUT2D eigenvalue weighted by atomic mass is 10.1. The molecule has 1 aromatic rings. The van der Waals surface area contributed by atoms with Crippen molar-refractivity contribution < 1.29 is 24.2 Å². The van der Waals surface area contributed by atoms with E-state index in [0.29, 0.717) is 0 Å². The van der Waals surface area contributed by atoms with Crippen LogP contribution in [0.25, 0.3) is 0 Å². The fraction of sp³-hybridized carbons (Fsp3) is 0.333. The van der Waals surface area contributed by atoms with Gasteiger partial charge in [0, 0.05) is 6.04 Å². The van der Waals surface area contributed by atoms with Crippen LogP contribution in [0.4, 0.5) is 4.39 Å².